The highest BCUT2D eigenvalue weighted by Gasteiger charge is 2.26. The van der Waals surface area contributed by atoms with Crippen LogP contribution in [0.3, 0.4) is 0 Å². The fourth-order valence-electron chi connectivity index (χ4n) is 3.22. The first-order valence-corrected chi connectivity index (χ1v) is 7.51. The first-order chi connectivity index (χ1) is 9.56. The molecule has 0 aromatic carbocycles. The number of aliphatic carboxylic acids is 1. The van der Waals surface area contributed by atoms with Crippen molar-refractivity contribution < 1.29 is 14.7 Å². The Morgan fingerprint density at radius 3 is 2.65 bits per heavy atom. The summed E-state index contributed by atoms with van der Waals surface area (Å²) in [6, 6.07) is 0.402. The minimum absolute atomic E-state index is 0.0413. The lowest BCUT2D eigenvalue weighted by atomic mass is 9.95. The number of carbonyl (C=O) groups excluding carboxylic acids is 1. The molecule has 0 radical (unpaired) electrons. The van der Waals surface area contributed by atoms with Crippen LogP contribution in [0.15, 0.2) is 0 Å². The molecule has 2 saturated heterocycles. The standard InChI is InChI=1S/C14H25N3O3/c1-16-6-3-5-12(16)9-15-14(20)17-7-2-4-11(10-17)8-13(18)19/h11-12H,2-10H2,1H3,(H,15,20)(H,18,19). The molecule has 20 heavy (non-hydrogen) atoms. The van der Waals surface area contributed by atoms with E-state index in [1.165, 1.54) is 6.42 Å². The van der Waals surface area contributed by atoms with Crippen molar-refractivity contribution in [3.8, 4) is 0 Å². The Morgan fingerprint density at radius 1 is 1.25 bits per heavy atom. The van der Waals surface area contributed by atoms with Crippen LogP contribution < -0.4 is 5.32 Å². The molecule has 0 aromatic rings. The number of nitrogens with one attached hydrogen (secondary N) is 1. The molecule has 2 amide bonds. The molecule has 2 fully saturated rings. The summed E-state index contributed by atoms with van der Waals surface area (Å²) in [5, 5.41) is 11.8. The van der Waals surface area contributed by atoms with Gasteiger partial charge in [-0.25, -0.2) is 4.79 Å². The summed E-state index contributed by atoms with van der Waals surface area (Å²) >= 11 is 0. The number of hydrogen-bond acceptors (Lipinski definition) is 3. The van der Waals surface area contributed by atoms with Gasteiger partial charge < -0.3 is 20.2 Å². The second-order valence-electron chi connectivity index (χ2n) is 6.01. The fraction of sp³-hybridized carbons (Fsp3) is 0.857. The van der Waals surface area contributed by atoms with E-state index in [0.717, 1.165) is 32.4 Å². The molecule has 2 unspecified atom stereocenters. The van der Waals surface area contributed by atoms with Gasteiger partial charge in [-0.2, -0.15) is 0 Å². The molecule has 6 nitrogen and oxygen atoms in total. The first kappa shape index (κ1) is 15.1. The number of rotatable bonds is 4. The van der Waals surface area contributed by atoms with Gasteiger partial charge in [-0.05, 0) is 45.2 Å². The number of likely N-dealkylation sites (N-methyl/N-ethyl adjacent to an activating group) is 1. The summed E-state index contributed by atoms with van der Waals surface area (Å²) in [4.78, 5) is 26.9. The molecular formula is C14H25N3O3. The zero-order chi connectivity index (χ0) is 14.5. The smallest absolute Gasteiger partial charge is 0.317 e. The zero-order valence-electron chi connectivity index (χ0n) is 12.2. The summed E-state index contributed by atoms with van der Waals surface area (Å²) in [6.45, 7) is 3.10. The highest BCUT2D eigenvalue weighted by atomic mass is 16.4. The largest absolute Gasteiger partial charge is 0.481 e. The van der Waals surface area contributed by atoms with E-state index in [2.05, 4.69) is 17.3 Å². The zero-order valence-corrected chi connectivity index (χ0v) is 12.2. The number of carboxylic acid groups (broad SMARTS) is 1. The van der Waals surface area contributed by atoms with E-state index in [0.29, 0.717) is 19.1 Å². The molecule has 0 aromatic heterocycles. The Hall–Kier alpha value is -1.30. The number of likely N-dealkylation sites (tertiary alicyclic amines) is 2. The molecule has 2 heterocycles. The van der Waals surface area contributed by atoms with Crippen molar-refractivity contribution in [1.82, 2.24) is 15.1 Å². The van der Waals surface area contributed by atoms with E-state index in [9.17, 15) is 9.59 Å². The molecule has 6 heteroatoms. The Labute approximate surface area is 120 Å². The van der Waals surface area contributed by atoms with E-state index in [1.54, 1.807) is 4.90 Å². The quantitative estimate of drug-likeness (QED) is 0.806. The van der Waals surface area contributed by atoms with Crippen molar-refractivity contribution in [2.45, 2.75) is 38.1 Å². The van der Waals surface area contributed by atoms with Crippen LogP contribution in [-0.2, 0) is 4.79 Å². The summed E-state index contributed by atoms with van der Waals surface area (Å²) in [5.41, 5.74) is 0. The van der Waals surface area contributed by atoms with Crippen molar-refractivity contribution in [2.24, 2.45) is 5.92 Å². The topological polar surface area (TPSA) is 72.9 Å². The van der Waals surface area contributed by atoms with Gasteiger partial charge in [-0.3, -0.25) is 4.79 Å². The van der Waals surface area contributed by atoms with E-state index in [-0.39, 0.29) is 18.4 Å². The van der Waals surface area contributed by atoms with Crippen LogP contribution in [0.1, 0.15) is 32.1 Å². The molecule has 2 aliphatic heterocycles. The average Bonchev–Trinajstić information content (AvgIpc) is 2.81. The second-order valence-corrected chi connectivity index (χ2v) is 6.01. The predicted octanol–water partition coefficient (Wildman–Crippen LogP) is 0.977. The van der Waals surface area contributed by atoms with Gasteiger partial charge in [0, 0.05) is 32.1 Å². The number of hydrogen-bond donors (Lipinski definition) is 2. The van der Waals surface area contributed by atoms with Gasteiger partial charge in [0.1, 0.15) is 0 Å². The van der Waals surface area contributed by atoms with Crippen LogP contribution in [0.2, 0.25) is 0 Å². The van der Waals surface area contributed by atoms with Crippen molar-refractivity contribution in [1.29, 1.82) is 0 Å². The summed E-state index contributed by atoms with van der Waals surface area (Å²) in [5.74, 6) is -0.675. The highest BCUT2D eigenvalue weighted by molar-refractivity contribution is 5.74. The minimum Gasteiger partial charge on any atom is -0.481 e. The van der Waals surface area contributed by atoms with Crippen molar-refractivity contribution in [3.05, 3.63) is 0 Å². The molecule has 2 atom stereocenters. The lowest BCUT2D eigenvalue weighted by Gasteiger charge is -2.32. The Morgan fingerprint density at radius 2 is 2.00 bits per heavy atom. The number of piperidine rings is 1. The van der Waals surface area contributed by atoms with Crippen LogP contribution in [-0.4, -0.2) is 66.2 Å². The summed E-state index contributed by atoms with van der Waals surface area (Å²) < 4.78 is 0. The van der Waals surface area contributed by atoms with E-state index in [1.807, 2.05) is 0 Å². The van der Waals surface area contributed by atoms with E-state index >= 15 is 0 Å². The fourth-order valence-corrected chi connectivity index (χ4v) is 3.22. The number of carbonyl (C=O) groups is 2. The second kappa shape index (κ2) is 6.92. The van der Waals surface area contributed by atoms with Crippen LogP contribution in [0, 0.1) is 5.92 Å². The number of urea groups is 1. The SMILES string of the molecule is CN1CCCC1CNC(=O)N1CCCC(CC(=O)O)C1. The van der Waals surface area contributed by atoms with Gasteiger partial charge in [-0.15, -0.1) is 0 Å². The van der Waals surface area contributed by atoms with Gasteiger partial charge >= 0.3 is 12.0 Å². The number of amides is 2. The normalized spacial score (nSPS) is 27.6. The van der Waals surface area contributed by atoms with Gasteiger partial charge in [0.2, 0.25) is 0 Å². The molecule has 2 N–H and O–H groups in total. The molecule has 0 saturated carbocycles. The number of nitrogens with zero attached hydrogens (tertiary/aromatic N) is 2. The molecular weight excluding hydrogens is 258 g/mol. The highest BCUT2D eigenvalue weighted by Crippen LogP contribution is 2.20. The number of carboxylic acids is 1. The molecule has 2 aliphatic rings. The van der Waals surface area contributed by atoms with Gasteiger partial charge in [-0.1, -0.05) is 0 Å². The predicted molar refractivity (Wildman–Crippen MR) is 75.6 cm³/mol. The van der Waals surface area contributed by atoms with E-state index in [4.69, 9.17) is 5.11 Å². The van der Waals surface area contributed by atoms with Crippen LogP contribution in [0.5, 0.6) is 0 Å². The maximum Gasteiger partial charge on any atom is 0.317 e. The maximum atomic E-state index is 12.1. The van der Waals surface area contributed by atoms with Crippen LogP contribution >= 0.6 is 0 Å². The monoisotopic (exact) mass is 283 g/mol. The lowest BCUT2D eigenvalue weighted by molar-refractivity contribution is -0.138. The van der Waals surface area contributed by atoms with Crippen molar-refractivity contribution >= 4 is 12.0 Å². The van der Waals surface area contributed by atoms with E-state index < -0.39 is 5.97 Å². The minimum atomic E-state index is -0.773. The molecule has 0 spiro atoms. The average molecular weight is 283 g/mol. The first-order valence-electron chi connectivity index (χ1n) is 7.51. The van der Waals surface area contributed by atoms with Crippen molar-refractivity contribution in [3.63, 3.8) is 0 Å². The molecule has 114 valence electrons. The van der Waals surface area contributed by atoms with Gasteiger partial charge in [0.15, 0.2) is 0 Å². The summed E-state index contributed by atoms with van der Waals surface area (Å²) in [7, 11) is 2.09. The molecule has 0 aliphatic carbocycles. The Bertz CT molecular complexity index is 362. The Balaban J connectivity index is 1.75. The van der Waals surface area contributed by atoms with Gasteiger partial charge in [0.25, 0.3) is 0 Å². The molecule has 2 rings (SSSR count). The lowest BCUT2D eigenvalue weighted by Crippen LogP contribution is -2.48. The van der Waals surface area contributed by atoms with Gasteiger partial charge in [0.05, 0.1) is 0 Å². The third-order valence-corrected chi connectivity index (χ3v) is 4.43. The third-order valence-electron chi connectivity index (χ3n) is 4.43. The summed E-state index contributed by atoms with van der Waals surface area (Å²) in [6.07, 6.45) is 4.30. The third kappa shape index (κ3) is 4.10. The molecule has 0 bridgehead atoms. The van der Waals surface area contributed by atoms with Crippen molar-refractivity contribution in [2.75, 3.05) is 33.2 Å². The van der Waals surface area contributed by atoms with Crippen LogP contribution in [0.25, 0.3) is 0 Å². The maximum absolute atomic E-state index is 12.1. The van der Waals surface area contributed by atoms with Crippen LogP contribution in [0.4, 0.5) is 4.79 Å². The Kier molecular flexibility index (Phi) is 5.23.